The summed E-state index contributed by atoms with van der Waals surface area (Å²) < 4.78 is 28.6. The van der Waals surface area contributed by atoms with Gasteiger partial charge >= 0.3 is 0 Å². The van der Waals surface area contributed by atoms with E-state index >= 15 is 0 Å². The number of nitrogens with zero attached hydrogens (tertiary/aromatic N) is 2. The average molecular weight is 298 g/mol. The van der Waals surface area contributed by atoms with E-state index in [4.69, 9.17) is 14.0 Å². The van der Waals surface area contributed by atoms with Crippen LogP contribution in [0.15, 0.2) is 47.0 Å². The second-order valence-electron chi connectivity index (χ2n) is 4.83. The molecule has 2 aromatic carbocycles. The number of halogens is 1. The highest BCUT2D eigenvalue weighted by atomic mass is 19.1. The predicted octanol–water partition coefficient (Wildman–Crippen LogP) is 3.60. The Labute approximate surface area is 125 Å². The zero-order valence-electron chi connectivity index (χ0n) is 11.5. The molecule has 1 aliphatic heterocycles. The Balaban J connectivity index is 1.69. The molecule has 110 valence electrons. The predicted molar refractivity (Wildman–Crippen MR) is 76.1 cm³/mol. The van der Waals surface area contributed by atoms with Gasteiger partial charge in [0, 0.05) is 11.1 Å². The van der Waals surface area contributed by atoms with Crippen LogP contribution in [0.25, 0.3) is 22.8 Å². The number of rotatable bonds is 3. The van der Waals surface area contributed by atoms with Crippen LogP contribution in [0.1, 0.15) is 5.56 Å². The molecule has 4 rings (SSSR count). The van der Waals surface area contributed by atoms with Crippen LogP contribution in [0.2, 0.25) is 0 Å². The van der Waals surface area contributed by atoms with Crippen molar-refractivity contribution in [3.05, 3.63) is 48.0 Å². The lowest BCUT2D eigenvalue weighted by atomic mass is 10.1. The molecule has 0 saturated heterocycles. The van der Waals surface area contributed by atoms with Gasteiger partial charge in [-0.3, -0.25) is 0 Å². The van der Waals surface area contributed by atoms with Gasteiger partial charge in [-0.05, 0) is 29.8 Å². The summed E-state index contributed by atoms with van der Waals surface area (Å²) in [5, 5.41) is 3.95. The number of benzene rings is 2. The first kappa shape index (κ1) is 12.8. The fourth-order valence-corrected chi connectivity index (χ4v) is 2.28. The second kappa shape index (κ2) is 5.14. The van der Waals surface area contributed by atoms with Gasteiger partial charge in [0.25, 0.3) is 5.89 Å². The van der Waals surface area contributed by atoms with Crippen molar-refractivity contribution in [2.45, 2.75) is 6.67 Å². The zero-order chi connectivity index (χ0) is 14.9. The van der Waals surface area contributed by atoms with Gasteiger partial charge in [-0.15, -0.1) is 0 Å². The molecule has 0 atom stereocenters. The van der Waals surface area contributed by atoms with Gasteiger partial charge in [0.15, 0.2) is 11.5 Å². The maximum atomic E-state index is 12.7. The van der Waals surface area contributed by atoms with Gasteiger partial charge < -0.3 is 14.0 Å². The van der Waals surface area contributed by atoms with Gasteiger partial charge in [-0.2, -0.15) is 4.98 Å². The first-order valence-electron chi connectivity index (χ1n) is 6.72. The van der Waals surface area contributed by atoms with E-state index in [1.807, 2.05) is 12.1 Å². The molecule has 0 radical (unpaired) electrons. The van der Waals surface area contributed by atoms with Gasteiger partial charge in [-0.25, -0.2) is 4.39 Å². The first-order valence-corrected chi connectivity index (χ1v) is 6.72. The van der Waals surface area contributed by atoms with Crippen LogP contribution in [-0.4, -0.2) is 16.9 Å². The Morgan fingerprint density at radius 2 is 1.91 bits per heavy atom. The molecule has 3 aromatic rings. The Bertz CT molecular complexity index is 832. The second-order valence-corrected chi connectivity index (χ2v) is 4.83. The third-order valence-electron chi connectivity index (χ3n) is 3.39. The van der Waals surface area contributed by atoms with E-state index in [0.29, 0.717) is 34.3 Å². The summed E-state index contributed by atoms with van der Waals surface area (Å²) in [4.78, 5) is 4.36. The Kier molecular flexibility index (Phi) is 3.00. The summed E-state index contributed by atoms with van der Waals surface area (Å²) >= 11 is 0. The highest BCUT2D eigenvalue weighted by molar-refractivity contribution is 5.63. The maximum absolute atomic E-state index is 12.7. The van der Waals surface area contributed by atoms with E-state index in [2.05, 4.69) is 10.1 Å². The molecule has 0 saturated carbocycles. The number of hydrogen-bond donors (Lipinski definition) is 0. The van der Waals surface area contributed by atoms with Crippen LogP contribution < -0.4 is 9.47 Å². The molecule has 1 aliphatic rings. The molecule has 0 N–H and O–H groups in total. The minimum atomic E-state index is -0.527. The van der Waals surface area contributed by atoms with Crippen LogP contribution in [-0.2, 0) is 6.67 Å². The standard InChI is InChI=1S/C16H11FN2O3/c17-8-10-2-1-3-11(6-10)15-18-16(22-19-15)12-4-5-13-14(7-12)21-9-20-13/h1-7H,8-9H2. The van der Waals surface area contributed by atoms with Crippen molar-refractivity contribution in [3.8, 4) is 34.3 Å². The van der Waals surface area contributed by atoms with E-state index in [-0.39, 0.29) is 6.79 Å². The van der Waals surface area contributed by atoms with Crippen LogP contribution in [0, 0.1) is 0 Å². The number of alkyl halides is 1. The Morgan fingerprint density at radius 3 is 2.82 bits per heavy atom. The summed E-state index contributed by atoms with van der Waals surface area (Å²) in [6.45, 7) is -0.315. The molecular formula is C16H11FN2O3. The van der Waals surface area contributed by atoms with Gasteiger partial charge in [0.1, 0.15) is 6.67 Å². The average Bonchev–Trinajstić information content (AvgIpc) is 3.23. The molecule has 0 aliphatic carbocycles. The lowest BCUT2D eigenvalue weighted by molar-refractivity contribution is 0.174. The van der Waals surface area contributed by atoms with Crippen molar-refractivity contribution in [1.29, 1.82) is 0 Å². The lowest BCUT2D eigenvalue weighted by Crippen LogP contribution is -1.92. The van der Waals surface area contributed by atoms with Crippen molar-refractivity contribution >= 4 is 0 Å². The number of aromatic nitrogens is 2. The van der Waals surface area contributed by atoms with Gasteiger partial charge in [0.2, 0.25) is 12.6 Å². The van der Waals surface area contributed by atoms with Crippen molar-refractivity contribution in [2.24, 2.45) is 0 Å². The molecule has 1 aromatic heterocycles. The van der Waals surface area contributed by atoms with E-state index in [9.17, 15) is 4.39 Å². The highest BCUT2D eigenvalue weighted by Crippen LogP contribution is 2.35. The van der Waals surface area contributed by atoms with E-state index in [0.717, 1.165) is 5.56 Å². The van der Waals surface area contributed by atoms with E-state index in [1.54, 1.807) is 30.3 Å². The van der Waals surface area contributed by atoms with E-state index in [1.165, 1.54) is 0 Å². The molecule has 2 heterocycles. The van der Waals surface area contributed by atoms with Gasteiger partial charge in [-0.1, -0.05) is 23.4 Å². The third kappa shape index (κ3) is 2.18. The molecule has 0 unspecified atom stereocenters. The van der Waals surface area contributed by atoms with E-state index < -0.39 is 6.67 Å². The summed E-state index contributed by atoms with van der Waals surface area (Å²) in [7, 11) is 0. The van der Waals surface area contributed by atoms with Crippen LogP contribution >= 0.6 is 0 Å². The molecular weight excluding hydrogens is 287 g/mol. The molecule has 0 fully saturated rings. The van der Waals surface area contributed by atoms with Crippen LogP contribution in [0.4, 0.5) is 4.39 Å². The number of fused-ring (bicyclic) bond motifs is 1. The fourth-order valence-electron chi connectivity index (χ4n) is 2.28. The van der Waals surface area contributed by atoms with Crippen molar-refractivity contribution in [3.63, 3.8) is 0 Å². The summed E-state index contributed by atoms with van der Waals surface area (Å²) in [6, 6.07) is 12.4. The molecule has 5 nitrogen and oxygen atoms in total. The van der Waals surface area contributed by atoms with Crippen molar-refractivity contribution < 1.29 is 18.4 Å². The maximum Gasteiger partial charge on any atom is 0.258 e. The molecule has 0 amide bonds. The molecule has 6 heteroatoms. The highest BCUT2D eigenvalue weighted by Gasteiger charge is 2.17. The quantitative estimate of drug-likeness (QED) is 0.739. The molecule has 22 heavy (non-hydrogen) atoms. The zero-order valence-corrected chi connectivity index (χ0v) is 11.5. The first-order chi connectivity index (χ1) is 10.8. The monoisotopic (exact) mass is 298 g/mol. The fraction of sp³-hybridized carbons (Fsp3) is 0.125. The lowest BCUT2D eigenvalue weighted by Gasteiger charge is -1.98. The normalized spacial score (nSPS) is 12.6. The summed E-state index contributed by atoms with van der Waals surface area (Å²) in [5.41, 5.74) is 2.03. The minimum absolute atomic E-state index is 0.212. The molecule has 0 spiro atoms. The van der Waals surface area contributed by atoms with Gasteiger partial charge in [0.05, 0.1) is 0 Å². The third-order valence-corrected chi connectivity index (χ3v) is 3.39. The summed E-state index contributed by atoms with van der Waals surface area (Å²) in [6.07, 6.45) is 0. The Morgan fingerprint density at radius 1 is 1.00 bits per heavy atom. The SMILES string of the molecule is FCc1cccc(-c2noc(-c3ccc4c(c3)OCO4)n2)c1. The smallest absolute Gasteiger partial charge is 0.258 e. The van der Waals surface area contributed by atoms with Crippen molar-refractivity contribution in [1.82, 2.24) is 10.1 Å². The number of hydrogen-bond acceptors (Lipinski definition) is 5. The minimum Gasteiger partial charge on any atom is -0.454 e. The number of ether oxygens (including phenoxy) is 2. The van der Waals surface area contributed by atoms with Crippen LogP contribution in [0.3, 0.4) is 0 Å². The molecule has 0 bridgehead atoms. The topological polar surface area (TPSA) is 57.4 Å². The summed E-state index contributed by atoms with van der Waals surface area (Å²) in [5.74, 6) is 2.14. The Hall–Kier alpha value is -2.89. The van der Waals surface area contributed by atoms with Crippen molar-refractivity contribution in [2.75, 3.05) is 6.79 Å². The van der Waals surface area contributed by atoms with Crippen LogP contribution in [0.5, 0.6) is 11.5 Å². The largest absolute Gasteiger partial charge is 0.454 e.